The summed E-state index contributed by atoms with van der Waals surface area (Å²) in [5, 5.41) is 0. The van der Waals surface area contributed by atoms with Crippen LogP contribution in [-0.4, -0.2) is 53.9 Å². The van der Waals surface area contributed by atoms with Gasteiger partial charge in [-0.2, -0.15) is 0 Å². The van der Waals surface area contributed by atoms with Gasteiger partial charge in [0.05, 0.1) is 5.69 Å². The zero-order chi connectivity index (χ0) is 16.2. The number of piperazine rings is 1. The lowest BCUT2D eigenvalue weighted by Crippen LogP contribution is -2.47. The van der Waals surface area contributed by atoms with Gasteiger partial charge >= 0.3 is 0 Å². The Morgan fingerprint density at radius 2 is 1.87 bits per heavy atom. The summed E-state index contributed by atoms with van der Waals surface area (Å²) in [4.78, 5) is 21.4. The molecule has 0 bridgehead atoms. The van der Waals surface area contributed by atoms with Gasteiger partial charge in [0.1, 0.15) is 0 Å². The molecule has 1 amide bonds. The minimum absolute atomic E-state index is 0.107. The maximum atomic E-state index is 12.7. The highest BCUT2D eigenvalue weighted by Gasteiger charge is 2.20. The summed E-state index contributed by atoms with van der Waals surface area (Å²) in [6.45, 7) is 5.58. The second kappa shape index (κ2) is 6.92. The Bertz CT molecular complexity index is 691. The molecule has 0 N–H and O–H groups in total. The second-order valence-corrected chi connectivity index (χ2v) is 6.04. The van der Waals surface area contributed by atoms with Crippen molar-refractivity contribution in [3.05, 3.63) is 53.7 Å². The number of hydrogen-bond acceptors (Lipinski definition) is 3. The van der Waals surface area contributed by atoms with Crippen LogP contribution in [-0.2, 0) is 6.42 Å². The third-order valence-electron chi connectivity index (χ3n) is 4.47. The molecular formula is C19H23N3O. The van der Waals surface area contributed by atoms with E-state index in [9.17, 15) is 4.79 Å². The first-order valence-corrected chi connectivity index (χ1v) is 8.21. The second-order valence-electron chi connectivity index (χ2n) is 6.04. The van der Waals surface area contributed by atoms with E-state index in [2.05, 4.69) is 36.0 Å². The molecule has 3 rings (SSSR count). The molecule has 2 aromatic rings. The molecule has 4 nitrogen and oxygen atoms in total. The number of hydrogen-bond donors (Lipinski definition) is 0. The Balaban J connectivity index is 1.86. The quantitative estimate of drug-likeness (QED) is 0.874. The summed E-state index contributed by atoms with van der Waals surface area (Å²) in [5.41, 5.74) is 3.97. The van der Waals surface area contributed by atoms with Crippen LogP contribution in [0, 0.1) is 0 Å². The molecule has 0 aliphatic carbocycles. The van der Waals surface area contributed by atoms with E-state index in [0.29, 0.717) is 0 Å². The monoisotopic (exact) mass is 309 g/mol. The molecule has 1 saturated heterocycles. The van der Waals surface area contributed by atoms with Gasteiger partial charge in [-0.25, -0.2) is 0 Å². The van der Waals surface area contributed by atoms with Crippen molar-refractivity contribution in [1.29, 1.82) is 0 Å². The van der Waals surface area contributed by atoms with Crippen LogP contribution < -0.4 is 0 Å². The molecule has 1 aromatic heterocycles. The minimum Gasteiger partial charge on any atom is -0.336 e. The lowest BCUT2D eigenvalue weighted by molar-refractivity contribution is 0.0664. The van der Waals surface area contributed by atoms with E-state index >= 15 is 0 Å². The maximum Gasteiger partial charge on any atom is 0.254 e. The van der Waals surface area contributed by atoms with Crippen molar-refractivity contribution < 1.29 is 4.79 Å². The van der Waals surface area contributed by atoms with Crippen molar-refractivity contribution in [2.45, 2.75) is 13.3 Å². The van der Waals surface area contributed by atoms with Crippen LogP contribution in [0.1, 0.15) is 22.8 Å². The van der Waals surface area contributed by atoms with Crippen molar-refractivity contribution in [3.8, 4) is 11.3 Å². The van der Waals surface area contributed by atoms with Crippen LogP contribution in [0.4, 0.5) is 0 Å². The molecule has 0 saturated carbocycles. The van der Waals surface area contributed by atoms with Gasteiger partial charge in [0.15, 0.2) is 0 Å². The standard InChI is InChI=1S/C19H23N3O/c1-3-15-6-4-5-7-17(15)18-14-16(8-9-20-18)19(23)22-12-10-21(2)11-13-22/h4-9,14H,3,10-13H2,1-2H3. The van der Waals surface area contributed by atoms with E-state index in [0.717, 1.165) is 49.4 Å². The molecule has 120 valence electrons. The van der Waals surface area contributed by atoms with Crippen LogP contribution in [0.5, 0.6) is 0 Å². The molecule has 2 heterocycles. The molecule has 0 unspecified atom stereocenters. The Hall–Kier alpha value is -2.20. The summed E-state index contributed by atoms with van der Waals surface area (Å²) in [5.74, 6) is 0.107. The van der Waals surface area contributed by atoms with Crippen LogP contribution in [0.3, 0.4) is 0 Å². The SMILES string of the molecule is CCc1ccccc1-c1cc(C(=O)N2CCN(C)CC2)ccn1. The van der Waals surface area contributed by atoms with Crippen LogP contribution in [0.15, 0.2) is 42.6 Å². The third kappa shape index (κ3) is 3.42. The first-order valence-electron chi connectivity index (χ1n) is 8.21. The molecule has 4 heteroatoms. The largest absolute Gasteiger partial charge is 0.336 e. The van der Waals surface area contributed by atoms with Crippen LogP contribution in [0.25, 0.3) is 11.3 Å². The predicted molar refractivity (Wildman–Crippen MR) is 92.5 cm³/mol. The lowest BCUT2D eigenvalue weighted by Gasteiger charge is -2.32. The summed E-state index contributed by atoms with van der Waals surface area (Å²) in [6.07, 6.45) is 2.69. The smallest absolute Gasteiger partial charge is 0.254 e. The van der Waals surface area contributed by atoms with E-state index in [4.69, 9.17) is 0 Å². The number of rotatable bonds is 3. The highest BCUT2D eigenvalue weighted by atomic mass is 16.2. The van der Waals surface area contributed by atoms with E-state index in [1.807, 2.05) is 29.2 Å². The zero-order valence-corrected chi connectivity index (χ0v) is 13.8. The molecule has 0 atom stereocenters. The maximum absolute atomic E-state index is 12.7. The summed E-state index contributed by atoms with van der Waals surface area (Å²) in [7, 11) is 2.09. The fourth-order valence-corrected chi connectivity index (χ4v) is 2.98. The molecule has 0 radical (unpaired) electrons. The van der Waals surface area contributed by atoms with Gasteiger partial charge in [-0.3, -0.25) is 9.78 Å². The van der Waals surface area contributed by atoms with Gasteiger partial charge in [-0.05, 0) is 31.2 Å². The Kier molecular flexibility index (Phi) is 4.72. The zero-order valence-electron chi connectivity index (χ0n) is 13.8. The summed E-state index contributed by atoms with van der Waals surface area (Å²) < 4.78 is 0. The van der Waals surface area contributed by atoms with E-state index in [1.54, 1.807) is 6.20 Å². The number of pyridine rings is 1. The highest BCUT2D eigenvalue weighted by Crippen LogP contribution is 2.23. The number of benzene rings is 1. The van der Waals surface area contributed by atoms with Crippen LogP contribution in [0.2, 0.25) is 0 Å². The van der Waals surface area contributed by atoms with E-state index < -0.39 is 0 Å². The average molecular weight is 309 g/mol. The fourth-order valence-electron chi connectivity index (χ4n) is 2.98. The molecule has 1 aliphatic rings. The Labute approximate surface area is 137 Å². The average Bonchev–Trinajstić information content (AvgIpc) is 2.62. The predicted octanol–water partition coefficient (Wildman–Crippen LogP) is 2.70. The first-order chi connectivity index (χ1) is 11.2. The van der Waals surface area contributed by atoms with Gasteiger partial charge in [0, 0.05) is 43.5 Å². The number of amides is 1. The normalized spacial score (nSPS) is 15.7. The van der Waals surface area contributed by atoms with E-state index in [1.165, 1.54) is 5.56 Å². The molecule has 0 spiro atoms. The van der Waals surface area contributed by atoms with Crippen molar-refractivity contribution in [2.75, 3.05) is 33.2 Å². The highest BCUT2D eigenvalue weighted by molar-refractivity contribution is 5.95. The van der Waals surface area contributed by atoms with Gasteiger partial charge in [0.2, 0.25) is 0 Å². The number of likely N-dealkylation sites (N-methyl/N-ethyl adjacent to an activating group) is 1. The van der Waals surface area contributed by atoms with Crippen molar-refractivity contribution in [1.82, 2.24) is 14.8 Å². The Morgan fingerprint density at radius 3 is 2.61 bits per heavy atom. The number of nitrogens with zero attached hydrogens (tertiary/aromatic N) is 3. The van der Waals surface area contributed by atoms with Crippen LogP contribution >= 0.6 is 0 Å². The summed E-state index contributed by atoms with van der Waals surface area (Å²) >= 11 is 0. The molecule has 1 aliphatic heterocycles. The molecular weight excluding hydrogens is 286 g/mol. The first kappa shape index (κ1) is 15.7. The lowest BCUT2D eigenvalue weighted by atomic mass is 10.0. The number of carbonyl (C=O) groups excluding carboxylic acids is 1. The van der Waals surface area contributed by atoms with Gasteiger partial charge in [-0.1, -0.05) is 31.2 Å². The topological polar surface area (TPSA) is 36.4 Å². The van der Waals surface area contributed by atoms with Gasteiger partial charge in [-0.15, -0.1) is 0 Å². The molecule has 23 heavy (non-hydrogen) atoms. The summed E-state index contributed by atoms with van der Waals surface area (Å²) in [6, 6.07) is 12.0. The van der Waals surface area contributed by atoms with Crippen molar-refractivity contribution in [2.24, 2.45) is 0 Å². The van der Waals surface area contributed by atoms with Gasteiger partial charge < -0.3 is 9.80 Å². The Morgan fingerprint density at radius 1 is 1.13 bits per heavy atom. The molecule has 1 aromatic carbocycles. The number of carbonyl (C=O) groups is 1. The minimum atomic E-state index is 0.107. The van der Waals surface area contributed by atoms with Gasteiger partial charge in [0.25, 0.3) is 5.91 Å². The number of aryl methyl sites for hydroxylation is 1. The number of aromatic nitrogens is 1. The fraction of sp³-hybridized carbons (Fsp3) is 0.368. The third-order valence-corrected chi connectivity index (χ3v) is 4.47. The van der Waals surface area contributed by atoms with E-state index in [-0.39, 0.29) is 5.91 Å². The van der Waals surface area contributed by atoms with Crippen molar-refractivity contribution in [3.63, 3.8) is 0 Å². The van der Waals surface area contributed by atoms with Crippen molar-refractivity contribution >= 4 is 5.91 Å². The molecule has 1 fully saturated rings.